The lowest BCUT2D eigenvalue weighted by Gasteiger charge is -2.21. The Morgan fingerprint density at radius 3 is 3.00 bits per heavy atom. The van der Waals surface area contributed by atoms with Crippen LogP contribution in [-0.4, -0.2) is 31.7 Å². The minimum atomic E-state index is -0.137. The minimum Gasteiger partial charge on any atom is -0.384 e. The molecule has 0 aromatic heterocycles. The fraction of sp³-hybridized carbons (Fsp3) is 0.417. The number of amides is 1. The van der Waals surface area contributed by atoms with Crippen molar-refractivity contribution in [3.63, 3.8) is 0 Å². The Labute approximate surface area is 109 Å². The van der Waals surface area contributed by atoms with Crippen LogP contribution < -0.4 is 5.32 Å². The normalized spacial score (nSPS) is 13.8. The van der Waals surface area contributed by atoms with Crippen LogP contribution >= 0.6 is 15.9 Å². The number of benzene rings is 1. The number of hydrogen-bond donors (Lipinski definition) is 1. The van der Waals surface area contributed by atoms with Gasteiger partial charge in [-0.3, -0.25) is 9.63 Å². The van der Waals surface area contributed by atoms with Crippen molar-refractivity contribution < 1.29 is 9.63 Å². The van der Waals surface area contributed by atoms with Gasteiger partial charge in [-0.25, -0.2) is 5.06 Å². The number of hydrogen-bond acceptors (Lipinski definition) is 3. The highest BCUT2D eigenvalue weighted by Crippen LogP contribution is 2.32. The molecule has 17 heavy (non-hydrogen) atoms. The Hall–Kier alpha value is -1.07. The van der Waals surface area contributed by atoms with Gasteiger partial charge in [-0.05, 0) is 46.5 Å². The summed E-state index contributed by atoms with van der Waals surface area (Å²) in [7, 11) is 3.08. The van der Waals surface area contributed by atoms with Crippen LogP contribution in [0.5, 0.6) is 0 Å². The van der Waals surface area contributed by atoms with Gasteiger partial charge in [0.2, 0.25) is 0 Å². The van der Waals surface area contributed by atoms with Crippen LogP contribution in [0.1, 0.15) is 22.3 Å². The fourth-order valence-electron chi connectivity index (χ4n) is 1.94. The van der Waals surface area contributed by atoms with E-state index in [1.165, 1.54) is 17.7 Å². The molecule has 1 heterocycles. The van der Waals surface area contributed by atoms with Gasteiger partial charge in [0.1, 0.15) is 0 Å². The third-order valence-corrected chi connectivity index (χ3v) is 3.53. The van der Waals surface area contributed by atoms with E-state index in [9.17, 15) is 4.79 Å². The second-order valence-corrected chi connectivity index (χ2v) is 4.86. The smallest absolute Gasteiger partial charge is 0.277 e. The predicted octanol–water partition coefficient (Wildman–Crippen LogP) is 2.44. The van der Waals surface area contributed by atoms with Gasteiger partial charge >= 0.3 is 0 Å². The van der Waals surface area contributed by atoms with E-state index < -0.39 is 0 Å². The second-order valence-electron chi connectivity index (χ2n) is 4.01. The molecule has 1 aliphatic rings. The molecule has 4 nitrogen and oxygen atoms in total. The number of hydroxylamine groups is 2. The molecule has 0 unspecified atom stereocenters. The van der Waals surface area contributed by atoms with Gasteiger partial charge < -0.3 is 5.32 Å². The van der Waals surface area contributed by atoms with E-state index in [0.29, 0.717) is 5.56 Å². The van der Waals surface area contributed by atoms with Crippen molar-refractivity contribution in [2.75, 3.05) is 26.0 Å². The first kappa shape index (κ1) is 12.4. The molecule has 5 heteroatoms. The van der Waals surface area contributed by atoms with Gasteiger partial charge in [0.25, 0.3) is 5.91 Å². The Morgan fingerprint density at radius 1 is 1.53 bits per heavy atom. The molecule has 1 aromatic carbocycles. The molecular formula is C12H15BrN2O2. The maximum Gasteiger partial charge on any atom is 0.277 e. The summed E-state index contributed by atoms with van der Waals surface area (Å²) < 4.78 is 0.933. The van der Waals surface area contributed by atoms with Crippen molar-refractivity contribution in [1.82, 2.24) is 5.06 Å². The number of nitrogens with zero attached hydrogens (tertiary/aromatic N) is 1. The van der Waals surface area contributed by atoms with Crippen LogP contribution in [-0.2, 0) is 11.3 Å². The summed E-state index contributed by atoms with van der Waals surface area (Å²) in [5.74, 6) is -0.137. The summed E-state index contributed by atoms with van der Waals surface area (Å²) in [5, 5.41) is 4.56. The lowest BCUT2D eigenvalue weighted by molar-refractivity contribution is -0.0757. The van der Waals surface area contributed by atoms with Crippen molar-refractivity contribution >= 4 is 27.5 Å². The molecule has 0 saturated heterocycles. The topological polar surface area (TPSA) is 41.6 Å². The van der Waals surface area contributed by atoms with Crippen LogP contribution in [0.3, 0.4) is 0 Å². The van der Waals surface area contributed by atoms with E-state index in [1.54, 1.807) is 7.05 Å². The molecule has 0 atom stereocenters. The Kier molecular flexibility index (Phi) is 3.69. The number of fused-ring (bicyclic) bond motifs is 1. The number of carbonyl (C=O) groups excluding carboxylic acids is 1. The molecule has 1 aromatic rings. The molecule has 0 fully saturated rings. The molecule has 1 N–H and O–H groups in total. The minimum absolute atomic E-state index is 0.137. The van der Waals surface area contributed by atoms with Crippen LogP contribution in [0.4, 0.5) is 5.69 Å². The van der Waals surface area contributed by atoms with Gasteiger partial charge in [0.15, 0.2) is 0 Å². The van der Waals surface area contributed by atoms with E-state index in [2.05, 4.69) is 21.2 Å². The highest BCUT2D eigenvalue weighted by atomic mass is 79.9. The zero-order valence-electron chi connectivity index (χ0n) is 9.92. The van der Waals surface area contributed by atoms with E-state index >= 15 is 0 Å². The average Bonchev–Trinajstić information content (AvgIpc) is 2.37. The predicted molar refractivity (Wildman–Crippen MR) is 70.1 cm³/mol. The number of rotatable bonds is 2. The first-order valence-corrected chi connectivity index (χ1v) is 6.31. The monoisotopic (exact) mass is 298 g/mol. The molecular weight excluding hydrogens is 284 g/mol. The second kappa shape index (κ2) is 5.06. The zero-order chi connectivity index (χ0) is 12.4. The fourth-order valence-corrected chi connectivity index (χ4v) is 2.58. The average molecular weight is 299 g/mol. The van der Waals surface area contributed by atoms with Crippen molar-refractivity contribution in [3.8, 4) is 0 Å². The van der Waals surface area contributed by atoms with Crippen molar-refractivity contribution in [2.45, 2.75) is 12.8 Å². The van der Waals surface area contributed by atoms with Crippen molar-refractivity contribution in [2.24, 2.45) is 0 Å². The molecule has 0 bridgehead atoms. The van der Waals surface area contributed by atoms with Crippen molar-refractivity contribution in [3.05, 3.63) is 27.7 Å². The molecule has 1 amide bonds. The molecule has 0 spiro atoms. The molecule has 0 aliphatic carbocycles. The van der Waals surface area contributed by atoms with Crippen molar-refractivity contribution in [1.29, 1.82) is 0 Å². The third kappa shape index (κ3) is 2.45. The lowest BCUT2D eigenvalue weighted by Crippen LogP contribution is -2.26. The largest absolute Gasteiger partial charge is 0.384 e. The first-order chi connectivity index (χ1) is 8.13. The van der Waals surface area contributed by atoms with Gasteiger partial charge in [-0.15, -0.1) is 0 Å². The standard InChI is InChI=1S/C12H15BrN2O2/c1-15(17-2)12(16)9-6-8-4-3-5-14-11(8)10(13)7-9/h6-7,14H,3-5H2,1-2H3. The summed E-state index contributed by atoms with van der Waals surface area (Å²) in [6.45, 7) is 0.983. The zero-order valence-corrected chi connectivity index (χ0v) is 11.5. The van der Waals surface area contributed by atoms with E-state index in [4.69, 9.17) is 4.84 Å². The number of anilines is 1. The van der Waals surface area contributed by atoms with Gasteiger partial charge in [-0.1, -0.05) is 0 Å². The van der Waals surface area contributed by atoms with E-state index in [-0.39, 0.29) is 5.91 Å². The summed E-state index contributed by atoms with van der Waals surface area (Å²) >= 11 is 3.50. The number of nitrogens with one attached hydrogen (secondary N) is 1. The first-order valence-electron chi connectivity index (χ1n) is 5.52. The van der Waals surface area contributed by atoms with E-state index in [1.807, 2.05) is 12.1 Å². The number of halogens is 1. The SMILES string of the molecule is CON(C)C(=O)c1cc(Br)c2c(c1)CCCN2. The Bertz CT molecular complexity index is 448. The maximum atomic E-state index is 12.0. The molecule has 0 saturated carbocycles. The number of aryl methyl sites for hydroxylation is 1. The molecule has 2 rings (SSSR count). The summed E-state index contributed by atoms with van der Waals surface area (Å²) in [6.07, 6.45) is 2.09. The quantitative estimate of drug-likeness (QED) is 0.853. The lowest BCUT2D eigenvalue weighted by atomic mass is 10.0. The summed E-state index contributed by atoms with van der Waals surface area (Å²) in [4.78, 5) is 16.9. The maximum absolute atomic E-state index is 12.0. The van der Waals surface area contributed by atoms with E-state index in [0.717, 1.165) is 29.5 Å². The van der Waals surface area contributed by atoms with Gasteiger partial charge in [0, 0.05) is 23.6 Å². The van der Waals surface area contributed by atoms with Crippen LogP contribution in [0, 0.1) is 0 Å². The Balaban J connectivity index is 2.37. The van der Waals surface area contributed by atoms with Crippen LogP contribution in [0.2, 0.25) is 0 Å². The van der Waals surface area contributed by atoms with Gasteiger partial charge in [-0.2, -0.15) is 0 Å². The number of carbonyl (C=O) groups is 1. The Morgan fingerprint density at radius 2 is 2.29 bits per heavy atom. The van der Waals surface area contributed by atoms with Crippen LogP contribution in [0.15, 0.2) is 16.6 Å². The molecule has 92 valence electrons. The molecule has 1 aliphatic heterocycles. The highest BCUT2D eigenvalue weighted by Gasteiger charge is 2.18. The summed E-state index contributed by atoms with van der Waals surface area (Å²) in [5.41, 5.74) is 2.93. The third-order valence-electron chi connectivity index (χ3n) is 2.90. The molecule has 0 radical (unpaired) electrons. The highest BCUT2D eigenvalue weighted by molar-refractivity contribution is 9.10. The van der Waals surface area contributed by atoms with Crippen LogP contribution in [0.25, 0.3) is 0 Å². The van der Waals surface area contributed by atoms with Gasteiger partial charge in [0.05, 0.1) is 12.8 Å². The summed E-state index contributed by atoms with van der Waals surface area (Å²) in [6, 6.07) is 3.76.